The standard InChI is InChI=1S/C20H28ClNO4/c1-14(2)9-11-20(19(25)26)13-22(12-10-17(20)23)18(24)8-5-15-3-6-16(21)7-4-15/h3-4,6-7,14,17,23H,5,8-13H2,1-2H3,(H,25,26)/t17-,20-/m1/s1. The second kappa shape index (κ2) is 8.87. The van der Waals surface area contributed by atoms with Crippen molar-refractivity contribution in [1.82, 2.24) is 4.90 Å². The van der Waals surface area contributed by atoms with Crippen LogP contribution in [-0.4, -0.2) is 46.2 Å². The van der Waals surface area contributed by atoms with E-state index in [1.165, 1.54) is 0 Å². The fourth-order valence-corrected chi connectivity index (χ4v) is 3.59. The molecule has 0 aliphatic carbocycles. The largest absolute Gasteiger partial charge is 0.481 e. The van der Waals surface area contributed by atoms with Gasteiger partial charge in [-0.2, -0.15) is 0 Å². The number of aliphatic hydroxyl groups is 1. The third-order valence-corrected chi connectivity index (χ3v) is 5.52. The Kier molecular flexibility index (Phi) is 7.07. The van der Waals surface area contributed by atoms with Crippen LogP contribution in [0.3, 0.4) is 0 Å². The lowest BCUT2D eigenvalue weighted by Gasteiger charge is -2.43. The summed E-state index contributed by atoms with van der Waals surface area (Å²) in [6.07, 6.45) is 1.37. The van der Waals surface area contributed by atoms with Crippen LogP contribution in [0.5, 0.6) is 0 Å². The molecule has 0 saturated carbocycles. The number of hydrogen-bond donors (Lipinski definition) is 2. The molecule has 5 nitrogen and oxygen atoms in total. The average Bonchev–Trinajstić information content (AvgIpc) is 2.60. The van der Waals surface area contributed by atoms with Crippen LogP contribution in [0.25, 0.3) is 0 Å². The Morgan fingerprint density at radius 2 is 1.96 bits per heavy atom. The molecule has 1 aliphatic heterocycles. The summed E-state index contributed by atoms with van der Waals surface area (Å²) in [6.45, 7) is 4.53. The van der Waals surface area contributed by atoms with Crippen molar-refractivity contribution in [2.24, 2.45) is 11.3 Å². The van der Waals surface area contributed by atoms with E-state index in [4.69, 9.17) is 11.6 Å². The van der Waals surface area contributed by atoms with Gasteiger partial charge in [-0.3, -0.25) is 9.59 Å². The number of piperidine rings is 1. The van der Waals surface area contributed by atoms with Crippen molar-refractivity contribution in [2.45, 2.75) is 52.1 Å². The van der Waals surface area contributed by atoms with Gasteiger partial charge in [0.05, 0.1) is 6.10 Å². The van der Waals surface area contributed by atoms with E-state index in [1.54, 1.807) is 17.0 Å². The quantitative estimate of drug-likeness (QED) is 0.759. The molecule has 144 valence electrons. The summed E-state index contributed by atoms with van der Waals surface area (Å²) in [5.41, 5.74) is -0.248. The number of aryl methyl sites for hydroxylation is 1. The van der Waals surface area contributed by atoms with Crippen molar-refractivity contribution in [1.29, 1.82) is 0 Å². The summed E-state index contributed by atoms with van der Waals surface area (Å²) < 4.78 is 0. The van der Waals surface area contributed by atoms with Crippen molar-refractivity contribution in [3.8, 4) is 0 Å². The molecule has 0 bridgehead atoms. The average molecular weight is 382 g/mol. The fraction of sp³-hybridized carbons (Fsp3) is 0.600. The molecule has 0 unspecified atom stereocenters. The van der Waals surface area contributed by atoms with Crippen molar-refractivity contribution in [2.75, 3.05) is 13.1 Å². The number of rotatable bonds is 7. The van der Waals surface area contributed by atoms with E-state index < -0.39 is 17.5 Å². The smallest absolute Gasteiger partial charge is 0.314 e. The highest BCUT2D eigenvalue weighted by molar-refractivity contribution is 6.30. The second-order valence-corrected chi connectivity index (χ2v) is 8.08. The SMILES string of the molecule is CC(C)CC[C@@]1(C(=O)O)CN(C(=O)CCc2ccc(Cl)cc2)CC[C@H]1O. The van der Waals surface area contributed by atoms with E-state index in [9.17, 15) is 19.8 Å². The summed E-state index contributed by atoms with van der Waals surface area (Å²) in [6, 6.07) is 7.36. The lowest BCUT2D eigenvalue weighted by molar-refractivity contribution is -0.167. The number of carboxylic acids is 1. The summed E-state index contributed by atoms with van der Waals surface area (Å²) in [7, 11) is 0. The van der Waals surface area contributed by atoms with Crippen LogP contribution >= 0.6 is 11.6 Å². The zero-order valence-corrected chi connectivity index (χ0v) is 16.2. The van der Waals surface area contributed by atoms with Crippen LogP contribution in [0, 0.1) is 11.3 Å². The van der Waals surface area contributed by atoms with E-state index >= 15 is 0 Å². The lowest BCUT2D eigenvalue weighted by Crippen LogP contribution is -2.57. The fourth-order valence-electron chi connectivity index (χ4n) is 3.46. The van der Waals surface area contributed by atoms with Gasteiger partial charge in [0.25, 0.3) is 0 Å². The minimum Gasteiger partial charge on any atom is -0.481 e. The Morgan fingerprint density at radius 1 is 1.31 bits per heavy atom. The van der Waals surface area contributed by atoms with Crippen LogP contribution in [0.15, 0.2) is 24.3 Å². The summed E-state index contributed by atoms with van der Waals surface area (Å²) >= 11 is 5.87. The van der Waals surface area contributed by atoms with Gasteiger partial charge in [0, 0.05) is 24.5 Å². The third kappa shape index (κ3) is 4.98. The number of benzene rings is 1. The maximum absolute atomic E-state index is 12.6. The van der Waals surface area contributed by atoms with Crippen LogP contribution in [0.1, 0.15) is 45.1 Å². The van der Waals surface area contributed by atoms with Gasteiger partial charge in [0.1, 0.15) is 5.41 Å². The summed E-state index contributed by atoms with van der Waals surface area (Å²) in [5, 5.41) is 20.9. The molecule has 1 heterocycles. The van der Waals surface area contributed by atoms with E-state index in [1.807, 2.05) is 26.0 Å². The van der Waals surface area contributed by atoms with Crippen LogP contribution in [-0.2, 0) is 16.0 Å². The number of nitrogens with zero attached hydrogens (tertiary/aromatic N) is 1. The number of amides is 1. The number of carbonyl (C=O) groups excluding carboxylic acids is 1. The highest BCUT2D eigenvalue weighted by Crippen LogP contribution is 2.37. The predicted molar refractivity (Wildman–Crippen MR) is 101 cm³/mol. The first-order valence-electron chi connectivity index (χ1n) is 9.18. The molecule has 2 atom stereocenters. The van der Waals surface area contributed by atoms with Crippen LogP contribution < -0.4 is 0 Å². The Labute approximate surface area is 160 Å². The van der Waals surface area contributed by atoms with E-state index in [0.29, 0.717) is 49.6 Å². The van der Waals surface area contributed by atoms with Crippen molar-refractivity contribution in [3.05, 3.63) is 34.9 Å². The molecular weight excluding hydrogens is 354 g/mol. The van der Waals surface area contributed by atoms with Crippen LogP contribution in [0.2, 0.25) is 5.02 Å². The predicted octanol–water partition coefficient (Wildman–Crippen LogP) is 3.37. The Balaban J connectivity index is 2.03. The first-order chi connectivity index (χ1) is 12.2. The van der Waals surface area contributed by atoms with Crippen molar-refractivity contribution >= 4 is 23.5 Å². The normalized spacial score (nSPS) is 23.3. The number of hydrogen-bond acceptors (Lipinski definition) is 3. The molecule has 6 heteroatoms. The number of carbonyl (C=O) groups is 2. The van der Waals surface area contributed by atoms with Gasteiger partial charge in [0.2, 0.25) is 5.91 Å². The van der Waals surface area contributed by atoms with Gasteiger partial charge in [-0.15, -0.1) is 0 Å². The van der Waals surface area contributed by atoms with Gasteiger partial charge in [-0.1, -0.05) is 37.6 Å². The van der Waals surface area contributed by atoms with E-state index in [2.05, 4.69) is 0 Å². The molecule has 0 radical (unpaired) electrons. The molecule has 26 heavy (non-hydrogen) atoms. The molecule has 2 rings (SSSR count). The molecule has 2 N–H and O–H groups in total. The molecule has 0 spiro atoms. The topological polar surface area (TPSA) is 77.8 Å². The molecule has 1 aliphatic rings. The number of halogens is 1. The van der Waals surface area contributed by atoms with Gasteiger partial charge >= 0.3 is 5.97 Å². The Morgan fingerprint density at radius 3 is 2.54 bits per heavy atom. The van der Waals surface area contributed by atoms with Gasteiger partial charge < -0.3 is 15.1 Å². The lowest BCUT2D eigenvalue weighted by atomic mass is 9.72. The monoisotopic (exact) mass is 381 g/mol. The Bertz CT molecular complexity index is 631. The first-order valence-corrected chi connectivity index (χ1v) is 9.56. The first kappa shape index (κ1) is 20.7. The minimum atomic E-state index is -1.27. The molecule has 1 aromatic rings. The zero-order valence-electron chi connectivity index (χ0n) is 15.4. The third-order valence-electron chi connectivity index (χ3n) is 5.27. The molecule has 1 aromatic carbocycles. The number of aliphatic carboxylic acids is 1. The van der Waals surface area contributed by atoms with Crippen LogP contribution in [0.4, 0.5) is 0 Å². The Hall–Kier alpha value is -1.59. The van der Waals surface area contributed by atoms with E-state index in [-0.39, 0.29) is 12.5 Å². The second-order valence-electron chi connectivity index (χ2n) is 7.64. The summed E-state index contributed by atoms with van der Waals surface area (Å²) in [5.74, 6) is -0.739. The van der Waals surface area contributed by atoms with Gasteiger partial charge in [-0.25, -0.2) is 0 Å². The maximum atomic E-state index is 12.6. The molecular formula is C20H28ClNO4. The molecule has 0 aromatic heterocycles. The zero-order chi connectivity index (χ0) is 19.3. The van der Waals surface area contributed by atoms with Crippen molar-refractivity contribution in [3.63, 3.8) is 0 Å². The van der Waals surface area contributed by atoms with Gasteiger partial charge in [-0.05, 0) is 49.3 Å². The van der Waals surface area contributed by atoms with E-state index in [0.717, 1.165) is 5.56 Å². The maximum Gasteiger partial charge on any atom is 0.314 e. The number of carboxylic acid groups (broad SMARTS) is 1. The highest BCUT2D eigenvalue weighted by atomic mass is 35.5. The molecule has 1 fully saturated rings. The van der Waals surface area contributed by atoms with Gasteiger partial charge in [0.15, 0.2) is 0 Å². The number of aliphatic hydroxyl groups excluding tert-OH is 1. The highest BCUT2D eigenvalue weighted by Gasteiger charge is 2.49. The van der Waals surface area contributed by atoms with Crippen molar-refractivity contribution < 1.29 is 19.8 Å². The molecule has 1 saturated heterocycles. The summed E-state index contributed by atoms with van der Waals surface area (Å²) in [4.78, 5) is 26.2. The number of likely N-dealkylation sites (tertiary alicyclic amines) is 1. The minimum absolute atomic E-state index is 0.0676. The molecule has 1 amide bonds.